The molecule has 18 heavy (non-hydrogen) atoms. The minimum atomic E-state index is 0.245. The quantitative estimate of drug-likeness (QED) is 0.850. The van der Waals surface area contributed by atoms with Crippen LogP contribution < -0.4 is 10.5 Å². The molecule has 4 nitrogen and oxygen atoms in total. The van der Waals surface area contributed by atoms with E-state index in [1.165, 1.54) is 5.56 Å². The lowest BCUT2D eigenvalue weighted by atomic mass is 10.1. The zero-order valence-corrected chi connectivity index (χ0v) is 10.5. The van der Waals surface area contributed by atoms with Crippen LogP contribution in [-0.2, 0) is 13.0 Å². The molecule has 1 unspecified atom stereocenters. The molecule has 0 aliphatic rings. The number of hydrogen-bond acceptors (Lipinski definition) is 4. The van der Waals surface area contributed by atoms with Crippen LogP contribution >= 0.6 is 0 Å². The van der Waals surface area contributed by atoms with Crippen molar-refractivity contribution in [1.82, 2.24) is 5.16 Å². The number of nitrogens with zero attached hydrogens (tertiary/aromatic N) is 1. The summed E-state index contributed by atoms with van der Waals surface area (Å²) in [7, 11) is 0. The molecule has 2 aromatic rings. The van der Waals surface area contributed by atoms with Crippen molar-refractivity contribution in [2.45, 2.75) is 32.4 Å². The lowest BCUT2D eigenvalue weighted by Gasteiger charge is -2.07. The van der Waals surface area contributed by atoms with Crippen molar-refractivity contribution in [2.24, 2.45) is 5.73 Å². The minimum absolute atomic E-state index is 0.245. The molecule has 0 saturated heterocycles. The minimum Gasteiger partial charge on any atom is -0.489 e. The van der Waals surface area contributed by atoms with Crippen LogP contribution in [0.15, 0.2) is 41.2 Å². The summed E-state index contributed by atoms with van der Waals surface area (Å²) in [5, 5.41) is 3.62. The van der Waals surface area contributed by atoms with Gasteiger partial charge in [0.2, 0.25) is 0 Å². The van der Waals surface area contributed by atoms with E-state index in [9.17, 15) is 0 Å². The van der Waals surface area contributed by atoms with Crippen LogP contribution in [0.1, 0.15) is 24.5 Å². The second-order valence-corrected chi connectivity index (χ2v) is 4.48. The highest BCUT2D eigenvalue weighted by Crippen LogP contribution is 2.15. The Morgan fingerprint density at radius 3 is 2.67 bits per heavy atom. The summed E-state index contributed by atoms with van der Waals surface area (Å²) < 4.78 is 10.3. The van der Waals surface area contributed by atoms with Crippen molar-refractivity contribution in [1.29, 1.82) is 0 Å². The van der Waals surface area contributed by atoms with Gasteiger partial charge in [0.05, 0.1) is 6.20 Å². The Balaban J connectivity index is 1.83. The van der Waals surface area contributed by atoms with E-state index in [1.54, 1.807) is 12.5 Å². The molecule has 0 aliphatic heterocycles. The molecule has 0 bridgehead atoms. The molecule has 96 valence electrons. The summed E-state index contributed by atoms with van der Waals surface area (Å²) in [5.74, 6) is 0.848. The number of nitrogens with two attached hydrogens (primary N) is 1. The second kappa shape index (κ2) is 6.21. The van der Waals surface area contributed by atoms with Gasteiger partial charge in [0.1, 0.15) is 18.6 Å². The van der Waals surface area contributed by atoms with Crippen molar-refractivity contribution in [3.8, 4) is 5.75 Å². The number of aromatic nitrogens is 1. The Morgan fingerprint density at radius 1 is 1.28 bits per heavy atom. The Kier molecular flexibility index (Phi) is 4.36. The van der Waals surface area contributed by atoms with E-state index in [4.69, 9.17) is 15.0 Å². The first-order chi connectivity index (χ1) is 8.74. The van der Waals surface area contributed by atoms with Gasteiger partial charge in [-0.05, 0) is 37.5 Å². The Labute approximate surface area is 107 Å². The van der Waals surface area contributed by atoms with Crippen LogP contribution in [0, 0.1) is 0 Å². The molecule has 0 fully saturated rings. The monoisotopic (exact) mass is 246 g/mol. The fourth-order valence-corrected chi connectivity index (χ4v) is 1.61. The molecule has 2 rings (SSSR count). The number of rotatable bonds is 6. The summed E-state index contributed by atoms with van der Waals surface area (Å²) in [6.07, 6.45) is 5.23. The lowest BCUT2D eigenvalue weighted by Crippen LogP contribution is -2.15. The van der Waals surface area contributed by atoms with Gasteiger partial charge in [0, 0.05) is 11.6 Å². The van der Waals surface area contributed by atoms with Gasteiger partial charge in [0.15, 0.2) is 0 Å². The van der Waals surface area contributed by atoms with E-state index in [-0.39, 0.29) is 6.04 Å². The van der Waals surface area contributed by atoms with E-state index in [0.717, 1.165) is 24.2 Å². The largest absolute Gasteiger partial charge is 0.489 e. The van der Waals surface area contributed by atoms with Gasteiger partial charge in [-0.2, -0.15) is 0 Å². The molecular weight excluding hydrogens is 228 g/mol. The molecule has 0 spiro atoms. The molecule has 0 aliphatic carbocycles. The van der Waals surface area contributed by atoms with Crippen LogP contribution in [-0.4, -0.2) is 11.2 Å². The molecule has 1 heterocycles. The second-order valence-electron chi connectivity index (χ2n) is 4.48. The third kappa shape index (κ3) is 3.89. The highest BCUT2D eigenvalue weighted by atomic mass is 16.5. The normalized spacial score (nSPS) is 12.3. The summed E-state index contributed by atoms with van der Waals surface area (Å²) in [5.41, 5.74) is 7.94. The fourth-order valence-electron chi connectivity index (χ4n) is 1.61. The van der Waals surface area contributed by atoms with E-state index in [1.807, 2.05) is 19.1 Å². The Bertz CT molecular complexity index is 449. The van der Waals surface area contributed by atoms with Crippen molar-refractivity contribution in [3.63, 3.8) is 0 Å². The van der Waals surface area contributed by atoms with Crippen molar-refractivity contribution < 1.29 is 9.26 Å². The Hall–Kier alpha value is -1.81. The maximum atomic E-state index is 5.73. The average molecular weight is 246 g/mol. The molecule has 0 amide bonds. The molecule has 2 N–H and O–H groups in total. The molecular formula is C14H18N2O2. The van der Waals surface area contributed by atoms with E-state index in [2.05, 4.69) is 17.3 Å². The molecule has 0 radical (unpaired) electrons. The zero-order valence-electron chi connectivity index (χ0n) is 10.5. The van der Waals surface area contributed by atoms with Crippen LogP contribution in [0.25, 0.3) is 0 Å². The van der Waals surface area contributed by atoms with Gasteiger partial charge in [-0.1, -0.05) is 17.3 Å². The predicted octanol–water partition coefficient (Wildman–Crippen LogP) is 2.53. The highest BCUT2D eigenvalue weighted by Gasteiger charge is 2.00. The molecule has 1 aromatic heterocycles. The van der Waals surface area contributed by atoms with Crippen LogP contribution in [0.5, 0.6) is 5.75 Å². The number of ether oxygens (including phenoxy) is 1. The third-order valence-electron chi connectivity index (χ3n) is 2.70. The summed E-state index contributed by atoms with van der Waals surface area (Å²) in [6.45, 7) is 2.50. The number of aryl methyl sites for hydroxylation is 1. The first-order valence-corrected chi connectivity index (χ1v) is 6.09. The SMILES string of the molecule is CC(N)CCc1ccc(OCc2cnoc2)cc1. The summed E-state index contributed by atoms with van der Waals surface area (Å²) in [4.78, 5) is 0. The van der Waals surface area contributed by atoms with Crippen LogP contribution in [0.3, 0.4) is 0 Å². The van der Waals surface area contributed by atoms with Crippen LogP contribution in [0.4, 0.5) is 0 Å². The fraction of sp³-hybridized carbons (Fsp3) is 0.357. The lowest BCUT2D eigenvalue weighted by molar-refractivity contribution is 0.304. The number of benzene rings is 1. The van der Waals surface area contributed by atoms with Crippen molar-refractivity contribution in [3.05, 3.63) is 47.9 Å². The smallest absolute Gasteiger partial charge is 0.130 e. The van der Waals surface area contributed by atoms with Gasteiger partial charge in [-0.3, -0.25) is 0 Å². The standard InChI is InChI=1S/C14H18N2O2/c1-11(15)2-3-12-4-6-14(7-5-12)17-9-13-8-16-18-10-13/h4-8,10-11H,2-3,9,15H2,1H3. The Morgan fingerprint density at radius 2 is 2.06 bits per heavy atom. The summed E-state index contributed by atoms with van der Waals surface area (Å²) in [6, 6.07) is 8.35. The number of hydrogen-bond donors (Lipinski definition) is 1. The van der Waals surface area contributed by atoms with Gasteiger partial charge >= 0.3 is 0 Å². The van der Waals surface area contributed by atoms with E-state index in [0.29, 0.717) is 6.61 Å². The van der Waals surface area contributed by atoms with Crippen LogP contribution in [0.2, 0.25) is 0 Å². The molecule has 0 saturated carbocycles. The average Bonchev–Trinajstić information content (AvgIpc) is 2.88. The van der Waals surface area contributed by atoms with E-state index >= 15 is 0 Å². The van der Waals surface area contributed by atoms with Gasteiger partial charge < -0.3 is 15.0 Å². The topological polar surface area (TPSA) is 61.3 Å². The maximum absolute atomic E-state index is 5.73. The van der Waals surface area contributed by atoms with Gasteiger partial charge in [0.25, 0.3) is 0 Å². The van der Waals surface area contributed by atoms with E-state index < -0.39 is 0 Å². The molecule has 1 atom stereocenters. The van der Waals surface area contributed by atoms with Gasteiger partial charge in [-0.15, -0.1) is 0 Å². The summed E-state index contributed by atoms with van der Waals surface area (Å²) >= 11 is 0. The van der Waals surface area contributed by atoms with Gasteiger partial charge in [-0.25, -0.2) is 0 Å². The first-order valence-electron chi connectivity index (χ1n) is 6.09. The van der Waals surface area contributed by atoms with Crippen molar-refractivity contribution >= 4 is 0 Å². The van der Waals surface area contributed by atoms with Crippen molar-refractivity contribution in [2.75, 3.05) is 0 Å². The molecule has 1 aromatic carbocycles. The predicted molar refractivity (Wildman–Crippen MR) is 69.2 cm³/mol. The highest BCUT2D eigenvalue weighted by molar-refractivity contribution is 5.27. The molecule has 4 heteroatoms. The first kappa shape index (κ1) is 12.6. The zero-order chi connectivity index (χ0) is 12.8. The third-order valence-corrected chi connectivity index (χ3v) is 2.70. The maximum Gasteiger partial charge on any atom is 0.130 e.